The average Bonchev–Trinajstić information content (AvgIpc) is 2.59. The van der Waals surface area contributed by atoms with Crippen LogP contribution in [0.1, 0.15) is 22.3 Å². The summed E-state index contributed by atoms with van der Waals surface area (Å²) in [5.41, 5.74) is 4.59. The molecule has 0 saturated carbocycles. The Labute approximate surface area is 135 Å². The molecule has 0 bridgehead atoms. The van der Waals surface area contributed by atoms with E-state index in [9.17, 15) is 4.79 Å². The van der Waals surface area contributed by atoms with Crippen LogP contribution in [0.5, 0.6) is 0 Å². The molecular weight excluding hydrogens is 298 g/mol. The molecule has 1 aliphatic rings. The lowest BCUT2D eigenvalue weighted by atomic mass is 9.98. The van der Waals surface area contributed by atoms with Gasteiger partial charge in [-0.2, -0.15) is 0 Å². The fourth-order valence-electron chi connectivity index (χ4n) is 2.66. The Morgan fingerprint density at radius 2 is 1.91 bits per heavy atom. The lowest BCUT2D eigenvalue weighted by molar-refractivity contribution is 0.0918. The molecule has 1 heterocycles. The summed E-state index contributed by atoms with van der Waals surface area (Å²) in [6.45, 7) is 1.60. The number of ether oxygens (including phenoxy) is 1. The molecule has 2 aromatic carbocycles. The molecule has 0 radical (unpaired) electrons. The molecule has 0 unspecified atom stereocenters. The molecule has 114 valence electrons. The largest absolute Gasteiger partial charge is 0.445 e. The van der Waals surface area contributed by atoms with Crippen molar-refractivity contribution in [2.75, 3.05) is 6.54 Å². The Kier molecular flexibility index (Phi) is 4.64. The van der Waals surface area contributed by atoms with E-state index in [4.69, 9.17) is 16.3 Å². The standard InChI is InChI=1S/C18H18ClNO2/c19-11-15-6-7-17-12-20(9-8-16(17)10-15)18(21)22-13-14-4-2-1-3-5-14/h1-7,10H,8-9,11-13H2. The number of halogens is 1. The Bertz CT molecular complexity index is 657. The molecule has 22 heavy (non-hydrogen) atoms. The van der Waals surface area contributed by atoms with Gasteiger partial charge in [-0.3, -0.25) is 0 Å². The Hall–Kier alpha value is -2.00. The number of rotatable bonds is 3. The first-order valence-electron chi connectivity index (χ1n) is 7.38. The molecule has 1 amide bonds. The van der Waals surface area contributed by atoms with E-state index in [1.807, 2.05) is 36.4 Å². The number of fused-ring (bicyclic) bond motifs is 1. The van der Waals surface area contributed by atoms with E-state index in [0.29, 0.717) is 25.6 Å². The zero-order valence-electron chi connectivity index (χ0n) is 12.3. The number of carbonyl (C=O) groups excluding carboxylic acids is 1. The Morgan fingerprint density at radius 1 is 1.09 bits per heavy atom. The van der Waals surface area contributed by atoms with Crippen LogP contribution in [0.4, 0.5) is 4.79 Å². The van der Waals surface area contributed by atoms with E-state index in [1.165, 1.54) is 11.1 Å². The van der Waals surface area contributed by atoms with E-state index in [1.54, 1.807) is 4.90 Å². The second-order valence-electron chi connectivity index (χ2n) is 5.45. The van der Waals surface area contributed by atoms with Crippen LogP contribution in [0, 0.1) is 0 Å². The van der Waals surface area contributed by atoms with Crippen molar-refractivity contribution < 1.29 is 9.53 Å². The summed E-state index contributed by atoms with van der Waals surface area (Å²) < 4.78 is 5.39. The first-order chi connectivity index (χ1) is 10.8. The molecule has 2 aromatic rings. The van der Waals surface area contributed by atoms with Gasteiger partial charge in [-0.15, -0.1) is 11.6 Å². The highest BCUT2D eigenvalue weighted by molar-refractivity contribution is 6.17. The number of nitrogens with zero attached hydrogens (tertiary/aromatic N) is 1. The van der Waals surface area contributed by atoms with E-state index in [-0.39, 0.29) is 6.09 Å². The van der Waals surface area contributed by atoms with Crippen LogP contribution in [0.2, 0.25) is 0 Å². The Morgan fingerprint density at radius 3 is 2.68 bits per heavy atom. The van der Waals surface area contributed by atoms with Crippen molar-refractivity contribution >= 4 is 17.7 Å². The second-order valence-corrected chi connectivity index (χ2v) is 5.72. The minimum Gasteiger partial charge on any atom is -0.445 e. The zero-order valence-corrected chi connectivity index (χ0v) is 13.1. The number of hydrogen-bond acceptors (Lipinski definition) is 2. The van der Waals surface area contributed by atoms with E-state index in [2.05, 4.69) is 12.1 Å². The Balaban J connectivity index is 1.60. The monoisotopic (exact) mass is 315 g/mol. The summed E-state index contributed by atoms with van der Waals surface area (Å²) in [4.78, 5) is 13.9. The highest BCUT2D eigenvalue weighted by Crippen LogP contribution is 2.22. The number of benzene rings is 2. The first kappa shape index (κ1) is 14.9. The van der Waals surface area contributed by atoms with Gasteiger partial charge in [-0.1, -0.05) is 48.5 Å². The average molecular weight is 316 g/mol. The number of carbonyl (C=O) groups is 1. The van der Waals surface area contributed by atoms with Crippen molar-refractivity contribution in [1.29, 1.82) is 0 Å². The van der Waals surface area contributed by atoms with Gasteiger partial charge in [0.05, 0.1) is 0 Å². The molecule has 0 fully saturated rings. The molecule has 3 rings (SSSR count). The first-order valence-corrected chi connectivity index (χ1v) is 7.92. The van der Waals surface area contributed by atoms with Crippen molar-refractivity contribution in [3.63, 3.8) is 0 Å². The highest BCUT2D eigenvalue weighted by atomic mass is 35.5. The fraction of sp³-hybridized carbons (Fsp3) is 0.278. The SMILES string of the molecule is O=C(OCc1ccccc1)N1CCc2cc(CCl)ccc2C1. The molecule has 0 aromatic heterocycles. The molecule has 3 nitrogen and oxygen atoms in total. The van der Waals surface area contributed by atoms with Crippen LogP contribution in [0.15, 0.2) is 48.5 Å². The molecule has 1 aliphatic heterocycles. The van der Waals surface area contributed by atoms with Crippen molar-refractivity contribution in [3.05, 3.63) is 70.8 Å². The number of amides is 1. The van der Waals surface area contributed by atoms with Gasteiger partial charge >= 0.3 is 6.09 Å². The van der Waals surface area contributed by atoms with Crippen LogP contribution in [-0.4, -0.2) is 17.5 Å². The van der Waals surface area contributed by atoms with Crippen LogP contribution in [0.3, 0.4) is 0 Å². The number of hydrogen-bond donors (Lipinski definition) is 0. The fourth-order valence-corrected chi connectivity index (χ4v) is 2.82. The summed E-state index contributed by atoms with van der Waals surface area (Å²) in [6.07, 6.45) is 0.594. The molecule has 0 aliphatic carbocycles. The van der Waals surface area contributed by atoms with Gasteiger partial charge in [0.25, 0.3) is 0 Å². The maximum absolute atomic E-state index is 12.2. The summed E-state index contributed by atoms with van der Waals surface area (Å²) in [7, 11) is 0. The predicted octanol–water partition coefficient (Wildman–Crippen LogP) is 4.12. The van der Waals surface area contributed by atoms with Gasteiger partial charge in [-0.25, -0.2) is 4.79 Å². The van der Waals surface area contributed by atoms with Crippen molar-refractivity contribution in [2.24, 2.45) is 0 Å². The van der Waals surface area contributed by atoms with Crippen molar-refractivity contribution in [3.8, 4) is 0 Å². The van der Waals surface area contributed by atoms with Gasteiger partial charge < -0.3 is 9.64 Å². The lowest BCUT2D eigenvalue weighted by Gasteiger charge is -2.28. The third-order valence-corrected chi connectivity index (χ3v) is 4.21. The second kappa shape index (κ2) is 6.84. The van der Waals surface area contributed by atoms with Crippen LogP contribution < -0.4 is 0 Å². The molecule has 0 saturated heterocycles. The van der Waals surface area contributed by atoms with Crippen LogP contribution >= 0.6 is 11.6 Å². The van der Waals surface area contributed by atoms with Gasteiger partial charge in [0.15, 0.2) is 0 Å². The smallest absolute Gasteiger partial charge is 0.410 e. The summed E-state index contributed by atoms with van der Waals surface area (Å²) in [6, 6.07) is 15.9. The normalized spacial score (nSPS) is 13.6. The van der Waals surface area contributed by atoms with E-state index in [0.717, 1.165) is 17.5 Å². The molecule has 0 spiro atoms. The number of alkyl halides is 1. The van der Waals surface area contributed by atoms with Crippen LogP contribution in [0.25, 0.3) is 0 Å². The zero-order chi connectivity index (χ0) is 15.4. The quantitative estimate of drug-likeness (QED) is 0.797. The highest BCUT2D eigenvalue weighted by Gasteiger charge is 2.21. The predicted molar refractivity (Wildman–Crippen MR) is 86.7 cm³/mol. The van der Waals surface area contributed by atoms with Crippen molar-refractivity contribution in [2.45, 2.75) is 25.5 Å². The third-order valence-electron chi connectivity index (χ3n) is 3.90. The van der Waals surface area contributed by atoms with Gasteiger partial charge in [0.1, 0.15) is 6.61 Å². The minimum atomic E-state index is -0.254. The lowest BCUT2D eigenvalue weighted by Crippen LogP contribution is -2.36. The van der Waals surface area contributed by atoms with Gasteiger partial charge in [0, 0.05) is 19.0 Å². The maximum atomic E-state index is 12.2. The summed E-state index contributed by atoms with van der Waals surface area (Å²) in [5.74, 6) is 0.524. The van der Waals surface area contributed by atoms with E-state index < -0.39 is 0 Å². The molecular formula is C18H18ClNO2. The molecule has 0 atom stereocenters. The molecule has 4 heteroatoms. The molecule has 0 N–H and O–H groups in total. The van der Waals surface area contributed by atoms with Gasteiger partial charge in [0.2, 0.25) is 0 Å². The summed E-state index contributed by atoms with van der Waals surface area (Å²) >= 11 is 5.86. The summed E-state index contributed by atoms with van der Waals surface area (Å²) in [5, 5.41) is 0. The van der Waals surface area contributed by atoms with Gasteiger partial charge in [-0.05, 0) is 28.7 Å². The minimum absolute atomic E-state index is 0.254. The topological polar surface area (TPSA) is 29.5 Å². The van der Waals surface area contributed by atoms with E-state index >= 15 is 0 Å². The maximum Gasteiger partial charge on any atom is 0.410 e. The van der Waals surface area contributed by atoms with Crippen molar-refractivity contribution in [1.82, 2.24) is 4.90 Å². The van der Waals surface area contributed by atoms with Crippen LogP contribution in [-0.2, 0) is 30.2 Å². The third kappa shape index (κ3) is 3.42.